The van der Waals surface area contributed by atoms with Crippen molar-refractivity contribution in [3.8, 4) is 16.3 Å². The number of hydrogen-bond donors (Lipinski definition) is 2. The Morgan fingerprint density at radius 2 is 1.97 bits per heavy atom. The van der Waals surface area contributed by atoms with E-state index in [0.29, 0.717) is 35.7 Å². The van der Waals surface area contributed by atoms with Crippen molar-refractivity contribution in [3.05, 3.63) is 23.2 Å². The lowest BCUT2D eigenvalue weighted by Gasteiger charge is -2.31. The number of ether oxygens (including phenoxy) is 1. The molecule has 166 valence electrons. The summed E-state index contributed by atoms with van der Waals surface area (Å²) in [5.74, 6) is -0.552. The largest absolute Gasteiger partial charge is 0.573 e. The molecule has 11 heteroatoms. The van der Waals surface area contributed by atoms with Crippen molar-refractivity contribution in [3.63, 3.8) is 0 Å². The highest BCUT2D eigenvalue weighted by Gasteiger charge is 2.39. The third-order valence-electron chi connectivity index (χ3n) is 5.64. The van der Waals surface area contributed by atoms with E-state index in [9.17, 15) is 18.3 Å². The number of rotatable bonds is 4. The normalized spacial score (nSPS) is 21.8. The molecule has 1 aromatic carbocycles. The molecule has 4 heterocycles. The third-order valence-corrected chi connectivity index (χ3v) is 6.44. The van der Waals surface area contributed by atoms with E-state index in [2.05, 4.69) is 20.0 Å². The van der Waals surface area contributed by atoms with Gasteiger partial charge in [0.05, 0.1) is 11.2 Å². The Morgan fingerprint density at radius 1 is 1.26 bits per heavy atom. The number of aliphatic hydroxyl groups is 1. The van der Waals surface area contributed by atoms with Gasteiger partial charge < -0.3 is 24.5 Å². The molecular weight excluding hydrogens is 433 g/mol. The summed E-state index contributed by atoms with van der Waals surface area (Å²) >= 11 is 1.32. The second-order valence-electron chi connectivity index (χ2n) is 8.46. The molecule has 7 nitrogen and oxygen atoms in total. The molecule has 2 aliphatic rings. The smallest absolute Gasteiger partial charge is 0.422 e. The van der Waals surface area contributed by atoms with Gasteiger partial charge in [0.25, 0.3) is 6.01 Å². The molecule has 2 unspecified atom stereocenters. The molecule has 5 rings (SSSR count). The van der Waals surface area contributed by atoms with Crippen LogP contribution in [0.25, 0.3) is 21.7 Å². The summed E-state index contributed by atoms with van der Waals surface area (Å²) in [6, 6.07) is 2.28. The van der Waals surface area contributed by atoms with Gasteiger partial charge in [-0.3, -0.25) is 0 Å². The highest BCUT2D eigenvalue weighted by atomic mass is 32.1. The van der Waals surface area contributed by atoms with Gasteiger partial charge in [0.15, 0.2) is 16.8 Å². The summed E-state index contributed by atoms with van der Waals surface area (Å²) in [6.07, 6.45) is -1.28. The first-order chi connectivity index (χ1) is 14.6. The van der Waals surface area contributed by atoms with Crippen LogP contribution in [0.2, 0.25) is 0 Å². The molecule has 3 aromatic rings. The Hall–Kier alpha value is -2.37. The quantitative estimate of drug-likeness (QED) is 0.616. The minimum Gasteiger partial charge on any atom is -0.422 e. The first-order valence-corrected chi connectivity index (χ1v) is 10.8. The van der Waals surface area contributed by atoms with E-state index in [4.69, 9.17) is 4.42 Å². The summed E-state index contributed by atoms with van der Waals surface area (Å²) in [4.78, 5) is 10.7. The van der Waals surface area contributed by atoms with Crippen molar-refractivity contribution in [2.75, 3.05) is 18.0 Å². The van der Waals surface area contributed by atoms with Gasteiger partial charge in [-0.05, 0) is 32.8 Å². The van der Waals surface area contributed by atoms with E-state index in [1.807, 2.05) is 4.90 Å². The van der Waals surface area contributed by atoms with Gasteiger partial charge in [0.2, 0.25) is 0 Å². The number of anilines is 1. The number of nitrogens with one attached hydrogen (secondary N) is 1. The zero-order chi connectivity index (χ0) is 22.0. The monoisotopic (exact) mass is 454 g/mol. The average molecular weight is 454 g/mol. The molecule has 2 aliphatic heterocycles. The molecule has 2 bridgehead atoms. The molecule has 2 aromatic heterocycles. The van der Waals surface area contributed by atoms with Crippen molar-refractivity contribution >= 4 is 28.5 Å². The third kappa shape index (κ3) is 3.85. The lowest BCUT2D eigenvalue weighted by molar-refractivity contribution is -0.274. The van der Waals surface area contributed by atoms with Crippen LogP contribution in [0.3, 0.4) is 0 Å². The van der Waals surface area contributed by atoms with Crippen molar-refractivity contribution in [2.45, 2.75) is 50.7 Å². The number of nitrogens with zero attached hydrogens (tertiary/aromatic N) is 3. The molecule has 0 aliphatic carbocycles. The maximum atomic E-state index is 13.3. The highest BCUT2D eigenvalue weighted by molar-refractivity contribution is 7.13. The summed E-state index contributed by atoms with van der Waals surface area (Å²) in [6.45, 7) is 4.11. The second kappa shape index (κ2) is 7.07. The van der Waals surface area contributed by atoms with E-state index in [1.165, 1.54) is 31.3 Å². The Bertz CT molecular complexity index is 1100. The summed E-state index contributed by atoms with van der Waals surface area (Å²) in [5, 5.41) is 16.5. The number of benzene rings is 1. The Morgan fingerprint density at radius 3 is 2.55 bits per heavy atom. The lowest BCUT2D eigenvalue weighted by Crippen LogP contribution is -2.51. The van der Waals surface area contributed by atoms with E-state index < -0.39 is 17.7 Å². The Balaban J connectivity index is 1.72. The van der Waals surface area contributed by atoms with E-state index in [1.54, 1.807) is 11.6 Å². The number of hydrogen-bond acceptors (Lipinski definition) is 8. The van der Waals surface area contributed by atoms with Crippen LogP contribution in [0.4, 0.5) is 19.2 Å². The van der Waals surface area contributed by atoms with Gasteiger partial charge in [-0.1, -0.05) is 0 Å². The van der Waals surface area contributed by atoms with E-state index in [-0.39, 0.29) is 22.7 Å². The van der Waals surface area contributed by atoms with Gasteiger partial charge >= 0.3 is 6.36 Å². The van der Waals surface area contributed by atoms with Crippen LogP contribution < -0.4 is 15.0 Å². The van der Waals surface area contributed by atoms with Crippen LogP contribution in [-0.2, 0) is 5.60 Å². The van der Waals surface area contributed by atoms with Gasteiger partial charge in [0.1, 0.15) is 5.01 Å². The summed E-state index contributed by atoms with van der Waals surface area (Å²) in [5.41, 5.74) is -1.11. The maximum absolute atomic E-state index is 13.3. The summed E-state index contributed by atoms with van der Waals surface area (Å²) in [7, 11) is 0. The zero-order valence-corrected chi connectivity index (χ0v) is 17.7. The van der Waals surface area contributed by atoms with Crippen LogP contribution in [-0.4, -0.2) is 46.6 Å². The Kier molecular flexibility index (Phi) is 4.68. The fourth-order valence-corrected chi connectivity index (χ4v) is 4.98. The minimum absolute atomic E-state index is 0.0391. The van der Waals surface area contributed by atoms with Gasteiger partial charge in [-0.25, -0.2) is 4.98 Å². The number of alkyl halides is 3. The molecule has 0 amide bonds. The predicted octanol–water partition coefficient (Wildman–Crippen LogP) is 4.02. The molecular formula is C20H21F3N4O3S. The zero-order valence-electron chi connectivity index (χ0n) is 16.9. The Labute approximate surface area is 179 Å². The topological polar surface area (TPSA) is 83.7 Å². The average Bonchev–Trinajstić information content (AvgIpc) is 3.40. The molecule has 0 saturated carbocycles. The number of piperazine rings is 1. The van der Waals surface area contributed by atoms with E-state index >= 15 is 0 Å². The number of halogens is 3. The SMILES string of the molecule is CC(C)(O)c1cc(-c2nccs2)c2oc(N3CC4CCC(C3)N4)nc2c1OC(F)(F)F. The van der Waals surface area contributed by atoms with Gasteiger partial charge in [0, 0.05) is 42.3 Å². The molecule has 2 fully saturated rings. The second-order valence-corrected chi connectivity index (χ2v) is 9.36. The molecule has 0 radical (unpaired) electrons. The van der Waals surface area contributed by atoms with Crippen molar-refractivity contribution in [1.82, 2.24) is 15.3 Å². The van der Waals surface area contributed by atoms with Crippen LogP contribution in [0.5, 0.6) is 5.75 Å². The van der Waals surface area contributed by atoms with Crippen LogP contribution >= 0.6 is 11.3 Å². The molecule has 0 spiro atoms. The van der Waals surface area contributed by atoms with E-state index in [0.717, 1.165) is 12.8 Å². The number of oxazole rings is 1. The highest BCUT2D eigenvalue weighted by Crippen LogP contribution is 2.45. The molecule has 2 atom stereocenters. The molecule has 31 heavy (non-hydrogen) atoms. The van der Waals surface area contributed by atoms with Crippen molar-refractivity contribution in [2.24, 2.45) is 0 Å². The molecule has 2 saturated heterocycles. The number of fused-ring (bicyclic) bond motifs is 3. The first kappa shape index (κ1) is 20.5. The fourth-order valence-electron chi connectivity index (χ4n) is 4.33. The van der Waals surface area contributed by atoms with Crippen molar-refractivity contribution < 1.29 is 27.4 Å². The summed E-state index contributed by atoms with van der Waals surface area (Å²) < 4.78 is 50.3. The van der Waals surface area contributed by atoms with Gasteiger partial charge in [-0.15, -0.1) is 24.5 Å². The first-order valence-electron chi connectivity index (χ1n) is 9.95. The van der Waals surface area contributed by atoms with Crippen molar-refractivity contribution in [1.29, 1.82) is 0 Å². The van der Waals surface area contributed by atoms with Crippen LogP contribution in [0, 0.1) is 0 Å². The lowest BCUT2D eigenvalue weighted by atomic mass is 9.94. The number of thiazole rings is 1. The standard InChI is InChI=1S/C20H21F3N4O3S/c1-19(2,28)13-7-12(17-24-5-6-31-17)15-14(16(13)30-20(21,22)23)26-18(29-15)27-8-10-3-4-11(9-27)25-10/h5-7,10-11,25,28H,3-4,8-9H2,1-2H3. The van der Waals surface area contributed by atoms with Gasteiger partial charge in [-0.2, -0.15) is 4.98 Å². The maximum Gasteiger partial charge on any atom is 0.573 e. The molecule has 2 N–H and O–H groups in total. The minimum atomic E-state index is -4.96. The number of aromatic nitrogens is 2. The van der Waals surface area contributed by atoms with Crippen LogP contribution in [0.15, 0.2) is 22.1 Å². The van der Waals surface area contributed by atoms with Crippen LogP contribution in [0.1, 0.15) is 32.3 Å². The predicted molar refractivity (Wildman–Crippen MR) is 109 cm³/mol. The fraction of sp³-hybridized carbons (Fsp3) is 0.500.